The van der Waals surface area contributed by atoms with E-state index in [2.05, 4.69) is 27.3 Å². The molecule has 5 heteroatoms. The first-order valence-corrected chi connectivity index (χ1v) is 8.50. The Kier molecular flexibility index (Phi) is 5.43. The minimum absolute atomic E-state index is 0.163. The zero-order chi connectivity index (χ0) is 16.8. The van der Waals surface area contributed by atoms with Crippen molar-refractivity contribution in [2.75, 3.05) is 19.6 Å². The van der Waals surface area contributed by atoms with Gasteiger partial charge in [0.15, 0.2) is 0 Å². The molecule has 1 fully saturated rings. The van der Waals surface area contributed by atoms with Crippen LogP contribution < -0.4 is 10.9 Å². The summed E-state index contributed by atoms with van der Waals surface area (Å²) in [6, 6.07) is 13.4. The van der Waals surface area contributed by atoms with Gasteiger partial charge < -0.3 is 10.3 Å². The van der Waals surface area contributed by atoms with Crippen LogP contribution in [0, 0.1) is 0 Å². The molecule has 2 aromatic rings. The highest BCUT2D eigenvalue weighted by atomic mass is 16.1. The first-order chi connectivity index (χ1) is 11.7. The molecule has 1 aliphatic rings. The summed E-state index contributed by atoms with van der Waals surface area (Å²) in [5.74, 6) is -0.163. The zero-order valence-electron chi connectivity index (χ0n) is 13.7. The number of amides is 1. The van der Waals surface area contributed by atoms with Crippen molar-refractivity contribution in [2.45, 2.75) is 25.3 Å². The summed E-state index contributed by atoms with van der Waals surface area (Å²) in [5, 5.41) is 3.01. The number of aromatic nitrogens is 1. The number of hydrogen-bond acceptors (Lipinski definition) is 3. The molecule has 0 saturated carbocycles. The van der Waals surface area contributed by atoms with Crippen LogP contribution in [-0.4, -0.2) is 35.4 Å². The van der Waals surface area contributed by atoms with E-state index in [0.29, 0.717) is 12.1 Å². The number of carbonyl (C=O) groups is 1. The molecule has 5 nitrogen and oxygen atoms in total. The predicted octanol–water partition coefficient (Wildman–Crippen LogP) is 2.33. The van der Waals surface area contributed by atoms with Gasteiger partial charge in [-0.25, -0.2) is 0 Å². The lowest BCUT2D eigenvalue weighted by molar-refractivity contribution is 0.0924. The smallest absolute Gasteiger partial charge is 0.252 e. The number of benzene rings is 1. The third kappa shape index (κ3) is 4.11. The summed E-state index contributed by atoms with van der Waals surface area (Å²) >= 11 is 0. The van der Waals surface area contributed by atoms with Crippen LogP contribution >= 0.6 is 0 Å². The number of carbonyl (C=O) groups excluding carboxylic acids is 1. The fraction of sp³-hybridized carbons (Fsp3) is 0.368. The molecule has 1 amide bonds. The number of aromatic amines is 1. The van der Waals surface area contributed by atoms with Gasteiger partial charge in [-0.3, -0.25) is 14.5 Å². The SMILES string of the molecule is O=C(NCC(c1ccccc1)N1CCCCC1)c1ccc(=O)[nH]c1. The molecule has 1 aromatic heterocycles. The Balaban J connectivity index is 1.70. The Labute approximate surface area is 141 Å². The highest BCUT2D eigenvalue weighted by Crippen LogP contribution is 2.24. The minimum Gasteiger partial charge on any atom is -0.350 e. The highest BCUT2D eigenvalue weighted by molar-refractivity contribution is 5.93. The van der Waals surface area contributed by atoms with E-state index in [1.165, 1.54) is 37.1 Å². The van der Waals surface area contributed by atoms with Crippen LogP contribution in [0.2, 0.25) is 0 Å². The van der Waals surface area contributed by atoms with E-state index in [1.54, 1.807) is 6.07 Å². The van der Waals surface area contributed by atoms with Gasteiger partial charge in [-0.2, -0.15) is 0 Å². The molecular formula is C19H23N3O2. The summed E-state index contributed by atoms with van der Waals surface area (Å²) in [7, 11) is 0. The van der Waals surface area contributed by atoms with Crippen molar-refractivity contribution in [3.05, 3.63) is 70.1 Å². The molecule has 0 aliphatic carbocycles. The van der Waals surface area contributed by atoms with Crippen LogP contribution in [0.3, 0.4) is 0 Å². The molecule has 2 N–H and O–H groups in total. The van der Waals surface area contributed by atoms with Gasteiger partial charge in [0.05, 0.1) is 11.6 Å². The second kappa shape index (κ2) is 7.93. The fourth-order valence-electron chi connectivity index (χ4n) is 3.21. The van der Waals surface area contributed by atoms with Gasteiger partial charge in [0.25, 0.3) is 5.91 Å². The summed E-state index contributed by atoms with van der Waals surface area (Å²) in [6.07, 6.45) is 5.15. The molecule has 2 heterocycles. The maximum Gasteiger partial charge on any atom is 0.252 e. The van der Waals surface area contributed by atoms with E-state index in [9.17, 15) is 9.59 Å². The van der Waals surface area contributed by atoms with Gasteiger partial charge >= 0.3 is 0 Å². The molecule has 1 atom stereocenters. The summed E-state index contributed by atoms with van der Waals surface area (Å²) in [4.78, 5) is 28.4. The Hall–Kier alpha value is -2.40. The molecule has 1 unspecified atom stereocenters. The maximum absolute atomic E-state index is 12.3. The molecule has 24 heavy (non-hydrogen) atoms. The monoisotopic (exact) mass is 325 g/mol. The number of pyridine rings is 1. The average molecular weight is 325 g/mol. The van der Waals surface area contributed by atoms with Crippen molar-refractivity contribution >= 4 is 5.91 Å². The number of nitrogens with zero attached hydrogens (tertiary/aromatic N) is 1. The Morgan fingerprint density at radius 3 is 2.50 bits per heavy atom. The fourth-order valence-corrected chi connectivity index (χ4v) is 3.21. The van der Waals surface area contributed by atoms with E-state index < -0.39 is 0 Å². The van der Waals surface area contributed by atoms with Crippen LogP contribution in [0.1, 0.15) is 41.2 Å². The third-order valence-electron chi connectivity index (χ3n) is 4.52. The first kappa shape index (κ1) is 16.5. The van der Waals surface area contributed by atoms with Crippen molar-refractivity contribution < 1.29 is 4.79 Å². The predicted molar refractivity (Wildman–Crippen MR) is 94.0 cm³/mol. The molecule has 0 spiro atoms. The number of likely N-dealkylation sites (tertiary alicyclic amines) is 1. The van der Waals surface area contributed by atoms with Crippen molar-refractivity contribution in [2.24, 2.45) is 0 Å². The standard InChI is InChI=1S/C19H23N3O2/c23-18-10-9-16(13-20-18)19(24)21-14-17(15-7-3-1-4-8-15)22-11-5-2-6-12-22/h1,3-4,7-10,13,17H,2,5-6,11-12,14H2,(H,20,23)(H,21,24). The molecule has 1 aromatic carbocycles. The topological polar surface area (TPSA) is 65.2 Å². The molecular weight excluding hydrogens is 302 g/mol. The highest BCUT2D eigenvalue weighted by Gasteiger charge is 2.22. The Morgan fingerprint density at radius 1 is 1.08 bits per heavy atom. The van der Waals surface area contributed by atoms with E-state index >= 15 is 0 Å². The van der Waals surface area contributed by atoms with E-state index in [-0.39, 0.29) is 17.5 Å². The quantitative estimate of drug-likeness (QED) is 0.887. The molecule has 1 saturated heterocycles. The summed E-state index contributed by atoms with van der Waals surface area (Å²) < 4.78 is 0. The van der Waals surface area contributed by atoms with Crippen molar-refractivity contribution in [3.8, 4) is 0 Å². The summed E-state index contributed by atoms with van der Waals surface area (Å²) in [6.45, 7) is 2.68. The van der Waals surface area contributed by atoms with E-state index in [0.717, 1.165) is 13.1 Å². The lowest BCUT2D eigenvalue weighted by Crippen LogP contribution is -2.40. The van der Waals surface area contributed by atoms with Crippen LogP contribution in [-0.2, 0) is 0 Å². The second-order valence-corrected chi connectivity index (χ2v) is 6.17. The molecule has 0 bridgehead atoms. The van der Waals surface area contributed by atoms with Gasteiger partial charge in [-0.15, -0.1) is 0 Å². The van der Waals surface area contributed by atoms with Gasteiger partial charge in [-0.1, -0.05) is 36.8 Å². The van der Waals surface area contributed by atoms with E-state index in [1.807, 2.05) is 18.2 Å². The van der Waals surface area contributed by atoms with Gasteiger partial charge in [-0.05, 0) is 37.6 Å². The van der Waals surface area contributed by atoms with Gasteiger partial charge in [0.2, 0.25) is 5.56 Å². The third-order valence-corrected chi connectivity index (χ3v) is 4.52. The van der Waals surface area contributed by atoms with E-state index in [4.69, 9.17) is 0 Å². The molecule has 1 aliphatic heterocycles. The van der Waals surface area contributed by atoms with Crippen molar-refractivity contribution in [1.29, 1.82) is 0 Å². The normalized spacial score (nSPS) is 16.5. The Morgan fingerprint density at radius 2 is 1.83 bits per heavy atom. The van der Waals surface area contributed by atoms with Crippen molar-refractivity contribution in [3.63, 3.8) is 0 Å². The lowest BCUT2D eigenvalue weighted by atomic mass is 10.0. The zero-order valence-corrected chi connectivity index (χ0v) is 13.7. The van der Waals surface area contributed by atoms with Crippen LogP contribution in [0.15, 0.2) is 53.5 Å². The number of nitrogens with one attached hydrogen (secondary N) is 2. The van der Waals surface area contributed by atoms with Gasteiger partial charge in [0, 0.05) is 18.8 Å². The number of H-pyrrole nitrogens is 1. The van der Waals surface area contributed by atoms with Crippen LogP contribution in [0.4, 0.5) is 0 Å². The van der Waals surface area contributed by atoms with Crippen LogP contribution in [0.5, 0.6) is 0 Å². The molecule has 0 radical (unpaired) electrons. The number of piperidine rings is 1. The Bertz CT molecular complexity index is 700. The van der Waals surface area contributed by atoms with Crippen LogP contribution in [0.25, 0.3) is 0 Å². The average Bonchev–Trinajstić information content (AvgIpc) is 2.64. The largest absolute Gasteiger partial charge is 0.350 e. The first-order valence-electron chi connectivity index (χ1n) is 8.50. The van der Waals surface area contributed by atoms with Crippen molar-refractivity contribution in [1.82, 2.24) is 15.2 Å². The number of rotatable bonds is 5. The second-order valence-electron chi connectivity index (χ2n) is 6.17. The molecule has 126 valence electrons. The minimum atomic E-state index is -0.206. The maximum atomic E-state index is 12.3. The lowest BCUT2D eigenvalue weighted by Gasteiger charge is -2.35. The molecule has 3 rings (SSSR count). The van der Waals surface area contributed by atoms with Gasteiger partial charge in [0.1, 0.15) is 0 Å². The summed E-state index contributed by atoms with van der Waals surface area (Å²) in [5.41, 5.74) is 1.49. The number of hydrogen-bond donors (Lipinski definition) is 2.